The van der Waals surface area contributed by atoms with Crippen molar-refractivity contribution in [2.24, 2.45) is 4.99 Å². The first kappa shape index (κ1) is 15.2. The van der Waals surface area contributed by atoms with E-state index in [1.54, 1.807) is 19.2 Å². The SMILES string of the molecule is C=C(/C=C(\N=C/C)c1ccc(C(F)(F)F)cc1)CC. The minimum atomic E-state index is -4.32. The van der Waals surface area contributed by atoms with E-state index in [0.717, 1.165) is 24.1 Å². The van der Waals surface area contributed by atoms with Gasteiger partial charge < -0.3 is 0 Å². The quantitative estimate of drug-likeness (QED) is 0.531. The molecule has 0 atom stereocenters. The highest BCUT2D eigenvalue weighted by Crippen LogP contribution is 2.30. The van der Waals surface area contributed by atoms with E-state index in [2.05, 4.69) is 11.6 Å². The fourth-order valence-electron chi connectivity index (χ4n) is 1.46. The zero-order valence-electron chi connectivity index (χ0n) is 11.0. The van der Waals surface area contributed by atoms with E-state index in [-0.39, 0.29) is 0 Å². The number of rotatable bonds is 4. The Balaban J connectivity index is 3.12. The van der Waals surface area contributed by atoms with Gasteiger partial charge in [0.15, 0.2) is 0 Å². The minimum absolute atomic E-state index is 0.614. The number of alkyl halides is 3. The van der Waals surface area contributed by atoms with Crippen LogP contribution < -0.4 is 0 Å². The van der Waals surface area contributed by atoms with Crippen LogP contribution >= 0.6 is 0 Å². The Morgan fingerprint density at radius 2 is 1.84 bits per heavy atom. The summed E-state index contributed by atoms with van der Waals surface area (Å²) < 4.78 is 37.4. The van der Waals surface area contributed by atoms with Crippen LogP contribution in [-0.4, -0.2) is 6.21 Å². The third-order valence-electron chi connectivity index (χ3n) is 2.57. The molecule has 1 aromatic rings. The number of aliphatic imine (C=N–C) groups is 1. The van der Waals surface area contributed by atoms with Crippen molar-refractivity contribution in [3.05, 3.63) is 53.6 Å². The molecule has 0 spiro atoms. The summed E-state index contributed by atoms with van der Waals surface area (Å²) in [6.45, 7) is 7.56. The summed E-state index contributed by atoms with van der Waals surface area (Å²) in [6.07, 6.45) is -0.165. The molecule has 0 amide bonds. The summed E-state index contributed by atoms with van der Waals surface area (Å²) in [5.41, 5.74) is 1.47. The maximum Gasteiger partial charge on any atom is 0.416 e. The fourth-order valence-corrected chi connectivity index (χ4v) is 1.46. The molecule has 102 valence electrons. The molecule has 0 heterocycles. The van der Waals surface area contributed by atoms with Gasteiger partial charge in [-0.3, -0.25) is 4.99 Å². The van der Waals surface area contributed by atoms with Crippen LogP contribution in [-0.2, 0) is 6.18 Å². The summed E-state index contributed by atoms with van der Waals surface area (Å²) in [5, 5.41) is 0. The number of hydrogen-bond donors (Lipinski definition) is 0. The van der Waals surface area contributed by atoms with Crippen LogP contribution in [0.15, 0.2) is 47.5 Å². The predicted octanol–water partition coefficient (Wildman–Crippen LogP) is 5.10. The van der Waals surface area contributed by atoms with Gasteiger partial charge in [-0.15, -0.1) is 0 Å². The highest BCUT2D eigenvalue weighted by atomic mass is 19.4. The van der Waals surface area contributed by atoms with Crippen molar-refractivity contribution < 1.29 is 13.2 Å². The van der Waals surface area contributed by atoms with Gasteiger partial charge in [0.2, 0.25) is 0 Å². The Kier molecular flexibility index (Phi) is 5.10. The van der Waals surface area contributed by atoms with Gasteiger partial charge >= 0.3 is 6.18 Å². The first-order chi connectivity index (χ1) is 8.88. The molecule has 0 aliphatic carbocycles. The second-order valence-electron chi connectivity index (χ2n) is 4.00. The van der Waals surface area contributed by atoms with Crippen molar-refractivity contribution in [1.29, 1.82) is 0 Å². The molecule has 19 heavy (non-hydrogen) atoms. The summed E-state index contributed by atoms with van der Waals surface area (Å²) in [5.74, 6) is 0. The Morgan fingerprint density at radius 3 is 2.26 bits per heavy atom. The van der Waals surface area contributed by atoms with Crippen LogP contribution in [0.2, 0.25) is 0 Å². The Morgan fingerprint density at radius 1 is 1.26 bits per heavy atom. The standard InChI is InChI=1S/C15H16F3N/c1-4-11(3)10-14(19-5-2)12-6-8-13(9-7-12)15(16,17)18/h5-10H,3-4H2,1-2H3/b14-10-,19-5-. The molecule has 1 aromatic carbocycles. The highest BCUT2D eigenvalue weighted by Gasteiger charge is 2.29. The molecule has 4 heteroatoms. The average molecular weight is 267 g/mol. The number of benzene rings is 1. The molecule has 0 aliphatic rings. The van der Waals surface area contributed by atoms with Crippen molar-refractivity contribution >= 4 is 11.9 Å². The number of nitrogens with zero attached hydrogens (tertiary/aromatic N) is 1. The van der Waals surface area contributed by atoms with Gasteiger partial charge in [-0.25, -0.2) is 0 Å². The van der Waals surface area contributed by atoms with Crippen molar-refractivity contribution in [2.45, 2.75) is 26.4 Å². The number of halogens is 3. The lowest BCUT2D eigenvalue weighted by Crippen LogP contribution is -2.04. The van der Waals surface area contributed by atoms with Gasteiger partial charge in [0.05, 0.1) is 11.3 Å². The fraction of sp³-hybridized carbons (Fsp3) is 0.267. The van der Waals surface area contributed by atoms with Gasteiger partial charge in [-0.05, 0) is 31.6 Å². The molecule has 0 aromatic heterocycles. The van der Waals surface area contributed by atoms with Gasteiger partial charge in [-0.1, -0.05) is 31.2 Å². The molecule has 1 nitrogen and oxygen atoms in total. The zero-order valence-corrected chi connectivity index (χ0v) is 11.0. The van der Waals surface area contributed by atoms with Crippen molar-refractivity contribution in [2.75, 3.05) is 0 Å². The molecule has 0 fully saturated rings. The molecule has 0 saturated heterocycles. The number of allylic oxidation sites excluding steroid dienone is 2. The van der Waals surface area contributed by atoms with E-state index >= 15 is 0 Å². The second kappa shape index (κ2) is 6.36. The van der Waals surface area contributed by atoms with E-state index in [9.17, 15) is 13.2 Å². The second-order valence-corrected chi connectivity index (χ2v) is 4.00. The lowest BCUT2D eigenvalue weighted by atomic mass is 10.1. The van der Waals surface area contributed by atoms with Gasteiger partial charge in [0, 0.05) is 11.8 Å². The lowest BCUT2D eigenvalue weighted by molar-refractivity contribution is -0.137. The van der Waals surface area contributed by atoms with E-state index in [1.165, 1.54) is 12.1 Å². The first-order valence-electron chi connectivity index (χ1n) is 5.94. The summed E-state index contributed by atoms with van der Waals surface area (Å²) >= 11 is 0. The largest absolute Gasteiger partial charge is 0.416 e. The topological polar surface area (TPSA) is 12.4 Å². The van der Waals surface area contributed by atoms with Gasteiger partial charge in [0.25, 0.3) is 0 Å². The maximum absolute atomic E-state index is 12.5. The predicted molar refractivity (Wildman–Crippen MR) is 73.0 cm³/mol. The lowest BCUT2D eigenvalue weighted by Gasteiger charge is -2.08. The molecule has 1 rings (SSSR count). The third-order valence-corrected chi connectivity index (χ3v) is 2.57. The molecule has 0 N–H and O–H groups in total. The molecule has 0 bridgehead atoms. The van der Waals surface area contributed by atoms with Crippen LogP contribution in [0, 0.1) is 0 Å². The molecular formula is C15H16F3N. The molecule has 0 aliphatic heterocycles. The normalized spacial score (nSPS) is 13.0. The van der Waals surface area contributed by atoms with Crippen LogP contribution in [0.25, 0.3) is 5.70 Å². The Labute approximate surface area is 111 Å². The summed E-state index contributed by atoms with van der Waals surface area (Å²) in [7, 11) is 0. The van der Waals surface area contributed by atoms with Gasteiger partial charge in [-0.2, -0.15) is 13.2 Å². The van der Waals surface area contributed by atoms with Crippen LogP contribution in [0.3, 0.4) is 0 Å². The van der Waals surface area contributed by atoms with Crippen molar-refractivity contribution in [3.8, 4) is 0 Å². The third kappa shape index (κ3) is 4.39. The van der Waals surface area contributed by atoms with Crippen LogP contribution in [0.5, 0.6) is 0 Å². The van der Waals surface area contributed by atoms with Crippen LogP contribution in [0.4, 0.5) is 13.2 Å². The smallest absolute Gasteiger partial charge is 0.261 e. The highest BCUT2D eigenvalue weighted by molar-refractivity contribution is 5.74. The molecule has 0 unspecified atom stereocenters. The van der Waals surface area contributed by atoms with Crippen molar-refractivity contribution in [3.63, 3.8) is 0 Å². The summed E-state index contributed by atoms with van der Waals surface area (Å²) in [6, 6.07) is 4.96. The summed E-state index contributed by atoms with van der Waals surface area (Å²) in [4.78, 5) is 4.17. The zero-order chi connectivity index (χ0) is 14.5. The Hall–Kier alpha value is -1.84. The maximum atomic E-state index is 12.5. The van der Waals surface area contributed by atoms with Crippen molar-refractivity contribution in [1.82, 2.24) is 0 Å². The molecule has 0 radical (unpaired) electrons. The Bertz CT molecular complexity index is 493. The monoisotopic (exact) mass is 267 g/mol. The van der Waals surface area contributed by atoms with E-state index in [0.29, 0.717) is 11.3 Å². The first-order valence-corrected chi connectivity index (χ1v) is 5.94. The number of hydrogen-bond acceptors (Lipinski definition) is 1. The average Bonchev–Trinajstić information content (AvgIpc) is 2.37. The van der Waals surface area contributed by atoms with E-state index < -0.39 is 11.7 Å². The minimum Gasteiger partial charge on any atom is -0.261 e. The van der Waals surface area contributed by atoms with E-state index in [1.807, 2.05) is 6.92 Å². The van der Waals surface area contributed by atoms with Gasteiger partial charge in [0.1, 0.15) is 0 Å². The molecular weight excluding hydrogens is 251 g/mol. The van der Waals surface area contributed by atoms with Crippen LogP contribution in [0.1, 0.15) is 31.4 Å². The molecule has 0 saturated carbocycles. The van der Waals surface area contributed by atoms with E-state index in [4.69, 9.17) is 0 Å².